The van der Waals surface area contributed by atoms with E-state index < -0.39 is 17.2 Å². The first kappa shape index (κ1) is 23.8. The lowest BCUT2D eigenvalue weighted by molar-refractivity contribution is 0.568. The molecule has 0 amide bonds. The number of hydrogen-bond acceptors (Lipinski definition) is 8. The summed E-state index contributed by atoms with van der Waals surface area (Å²) in [6.45, 7) is 2.14. The summed E-state index contributed by atoms with van der Waals surface area (Å²) in [4.78, 5) is 25.8. The molecule has 178 valence electrons. The molecule has 0 aliphatic rings. The Labute approximate surface area is 203 Å². The lowest BCUT2D eigenvalue weighted by Crippen LogP contribution is -2.27. The molecule has 0 bridgehead atoms. The lowest BCUT2D eigenvalue weighted by atomic mass is 10.1. The van der Waals surface area contributed by atoms with E-state index in [4.69, 9.17) is 23.1 Å². The third-order valence-corrected chi connectivity index (χ3v) is 5.55. The zero-order valence-corrected chi connectivity index (χ0v) is 19.1. The predicted octanol–water partition coefficient (Wildman–Crippen LogP) is 3.43. The van der Waals surface area contributed by atoms with Crippen LogP contribution in [0.2, 0.25) is 5.02 Å². The molecule has 12 heteroatoms. The normalized spacial score (nSPS) is 11.9. The topological polar surface area (TPSA) is 149 Å². The number of nitrogens with zero attached hydrogens (tertiary/aromatic N) is 5. The van der Waals surface area contributed by atoms with Crippen LogP contribution in [0.15, 0.2) is 41.2 Å². The highest BCUT2D eigenvalue weighted by Crippen LogP contribution is 2.23. The van der Waals surface area contributed by atoms with Crippen LogP contribution in [0.25, 0.3) is 16.6 Å². The summed E-state index contributed by atoms with van der Waals surface area (Å²) in [5.41, 5.74) is 11.2. The van der Waals surface area contributed by atoms with Crippen molar-refractivity contribution < 1.29 is 8.78 Å². The summed E-state index contributed by atoms with van der Waals surface area (Å²) in [6, 6.07) is 9.58. The quantitative estimate of drug-likeness (QED) is 0.367. The van der Waals surface area contributed by atoms with Gasteiger partial charge in [0.2, 0.25) is 5.95 Å². The molecule has 4 aromatic rings. The number of anilines is 3. The zero-order chi connectivity index (χ0) is 25.3. The van der Waals surface area contributed by atoms with E-state index in [-0.39, 0.29) is 64.0 Å². The van der Waals surface area contributed by atoms with Crippen molar-refractivity contribution in [1.29, 1.82) is 5.26 Å². The molecule has 0 saturated heterocycles. The summed E-state index contributed by atoms with van der Waals surface area (Å²) in [5.74, 6) is -1.56. The Morgan fingerprint density at radius 1 is 1.17 bits per heavy atom. The number of halogens is 3. The highest BCUT2D eigenvalue weighted by atomic mass is 35.5. The fraction of sp³-hybridized carbons (Fsp3) is 0.174. The Balaban J connectivity index is 1.74. The van der Waals surface area contributed by atoms with Crippen molar-refractivity contribution in [3.63, 3.8) is 0 Å². The van der Waals surface area contributed by atoms with Crippen LogP contribution in [0.4, 0.5) is 26.4 Å². The van der Waals surface area contributed by atoms with E-state index in [1.165, 1.54) is 0 Å². The molecule has 0 aliphatic heterocycles. The van der Waals surface area contributed by atoms with Gasteiger partial charge in [-0.3, -0.25) is 9.36 Å². The fourth-order valence-corrected chi connectivity index (χ4v) is 3.95. The van der Waals surface area contributed by atoms with Gasteiger partial charge in [0, 0.05) is 19.0 Å². The van der Waals surface area contributed by atoms with Crippen LogP contribution in [0.1, 0.15) is 18.3 Å². The molecule has 2 aromatic heterocycles. The molecule has 5 N–H and O–H groups in total. The maximum atomic E-state index is 14.0. The molecule has 1 unspecified atom stereocenters. The highest BCUT2D eigenvalue weighted by Gasteiger charge is 2.19. The molecule has 9 nitrogen and oxygen atoms in total. The zero-order valence-electron chi connectivity index (χ0n) is 18.4. The third-order valence-electron chi connectivity index (χ3n) is 5.24. The second-order valence-corrected chi connectivity index (χ2v) is 8.33. The van der Waals surface area contributed by atoms with Crippen LogP contribution < -0.4 is 22.3 Å². The van der Waals surface area contributed by atoms with Crippen molar-refractivity contribution >= 4 is 40.1 Å². The van der Waals surface area contributed by atoms with Crippen LogP contribution in [-0.2, 0) is 6.42 Å². The maximum Gasteiger partial charge on any atom is 0.267 e. The molecule has 0 saturated carbocycles. The minimum atomic E-state index is -0.838. The van der Waals surface area contributed by atoms with Gasteiger partial charge in [0.1, 0.15) is 34.9 Å². The maximum absolute atomic E-state index is 14.0. The Morgan fingerprint density at radius 3 is 2.57 bits per heavy atom. The van der Waals surface area contributed by atoms with Gasteiger partial charge in [0.15, 0.2) is 5.82 Å². The second kappa shape index (κ2) is 9.52. The van der Waals surface area contributed by atoms with Gasteiger partial charge in [-0.2, -0.15) is 15.2 Å². The monoisotopic (exact) mass is 496 g/mol. The number of hydrogen-bond donors (Lipinski definition) is 3. The number of aromatic nitrogens is 4. The average molecular weight is 497 g/mol. The Bertz CT molecular complexity index is 1530. The smallest absolute Gasteiger partial charge is 0.267 e. The largest absolute Gasteiger partial charge is 0.382 e. The van der Waals surface area contributed by atoms with E-state index >= 15 is 0 Å². The molecule has 2 aromatic carbocycles. The predicted molar refractivity (Wildman–Crippen MR) is 129 cm³/mol. The summed E-state index contributed by atoms with van der Waals surface area (Å²) < 4.78 is 29.2. The van der Waals surface area contributed by atoms with Crippen LogP contribution in [0, 0.1) is 28.9 Å². The Kier molecular flexibility index (Phi) is 6.48. The average Bonchev–Trinajstić information content (AvgIpc) is 2.76. The highest BCUT2D eigenvalue weighted by molar-refractivity contribution is 6.35. The standard InChI is InChI=1S/C23H19ClF2N8O/c1-11(10-30-21-15(9-27)20(28)32-23(29)33-21)5-18-31-17-4-2-3-16(24)19(17)22(35)34(18)14-7-12(25)6-13(26)8-14/h2-4,6-8,11H,5,10H2,1H3,(H5,28,29,30,32,33). The van der Waals surface area contributed by atoms with E-state index in [2.05, 4.69) is 20.3 Å². The van der Waals surface area contributed by atoms with Gasteiger partial charge in [0.25, 0.3) is 5.56 Å². The van der Waals surface area contributed by atoms with Crippen molar-refractivity contribution in [3.8, 4) is 11.8 Å². The van der Waals surface area contributed by atoms with E-state index in [9.17, 15) is 18.8 Å². The SMILES string of the molecule is CC(CNc1nc(N)nc(N)c1C#N)Cc1nc2cccc(Cl)c2c(=O)n1-c1cc(F)cc(F)c1. The first-order chi connectivity index (χ1) is 16.7. The van der Waals surface area contributed by atoms with E-state index in [0.717, 1.165) is 16.7 Å². The van der Waals surface area contributed by atoms with Gasteiger partial charge in [0.05, 0.1) is 21.6 Å². The first-order valence-corrected chi connectivity index (χ1v) is 10.8. The lowest BCUT2D eigenvalue weighted by Gasteiger charge is -2.18. The van der Waals surface area contributed by atoms with Gasteiger partial charge in [-0.25, -0.2) is 13.8 Å². The minimum absolute atomic E-state index is 0.0138. The summed E-state index contributed by atoms with van der Waals surface area (Å²) in [6.07, 6.45) is 0.223. The number of rotatable bonds is 6. The van der Waals surface area contributed by atoms with Crippen molar-refractivity contribution in [2.45, 2.75) is 13.3 Å². The van der Waals surface area contributed by atoms with Crippen molar-refractivity contribution in [3.05, 3.63) is 74.8 Å². The van der Waals surface area contributed by atoms with Crippen LogP contribution in [0.3, 0.4) is 0 Å². The summed E-state index contributed by atoms with van der Waals surface area (Å²) >= 11 is 6.24. The van der Waals surface area contributed by atoms with Crippen LogP contribution in [0.5, 0.6) is 0 Å². The number of fused-ring (bicyclic) bond motifs is 1. The van der Waals surface area contributed by atoms with Gasteiger partial charge in [-0.1, -0.05) is 24.6 Å². The van der Waals surface area contributed by atoms with E-state index in [0.29, 0.717) is 11.6 Å². The van der Waals surface area contributed by atoms with Crippen molar-refractivity contribution in [1.82, 2.24) is 19.5 Å². The van der Waals surface area contributed by atoms with Gasteiger partial charge in [-0.15, -0.1) is 0 Å². The minimum Gasteiger partial charge on any atom is -0.382 e. The second-order valence-electron chi connectivity index (χ2n) is 7.92. The van der Waals surface area contributed by atoms with Gasteiger partial charge in [-0.05, 0) is 30.2 Å². The molecule has 0 aliphatic carbocycles. The van der Waals surface area contributed by atoms with E-state index in [1.54, 1.807) is 18.2 Å². The molecule has 0 radical (unpaired) electrons. The Morgan fingerprint density at radius 2 is 1.89 bits per heavy atom. The van der Waals surface area contributed by atoms with Crippen molar-refractivity contribution in [2.75, 3.05) is 23.3 Å². The molecular formula is C23H19ClF2N8O. The van der Waals surface area contributed by atoms with Gasteiger partial charge < -0.3 is 16.8 Å². The molecule has 35 heavy (non-hydrogen) atoms. The van der Waals surface area contributed by atoms with E-state index in [1.807, 2.05) is 13.0 Å². The number of nitrogens with one attached hydrogen (secondary N) is 1. The van der Waals surface area contributed by atoms with Gasteiger partial charge >= 0.3 is 0 Å². The molecule has 0 fully saturated rings. The number of benzene rings is 2. The summed E-state index contributed by atoms with van der Waals surface area (Å²) in [5, 5.41) is 12.7. The van der Waals surface area contributed by atoms with Crippen LogP contribution in [-0.4, -0.2) is 26.1 Å². The fourth-order valence-electron chi connectivity index (χ4n) is 3.70. The molecule has 0 spiro atoms. The molecular weight excluding hydrogens is 478 g/mol. The third kappa shape index (κ3) is 4.83. The summed E-state index contributed by atoms with van der Waals surface area (Å²) in [7, 11) is 0. The molecule has 1 atom stereocenters. The van der Waals surface area contributed by atoms with Crippen LogP contribution >= 0.6 is 11.6 Å². The number of nitrogen functional groups attached to an aromatic ring is 2. The Hall–Kier alpha value is -4.30. The number of nitriles is 1. The molecule has 4 rings (SSSR count). The van der Waals surface area contributed by atoms with Crippen molar-refractivity contribution in [2.24, 2.45) is 5.92 Å². The molecule has 2 heterocycles. The number of nitrogens with two attached hydrogens (primary N) is 2. The first-order valence-electron chi connectivity index (χ1n) is 10.4.